The first-order valence-corrected chi connectivity index (χ1v) is 5.58. The average Bonchev–Trinajstić information content (AvgIpc) is 2.63. The van der Waals surface area contributed by atoms with Crippen molar-refractivity contribution in [3.8, 4) is 0 Å². The lowest BCUT2D eigenvalue weighted by Crippen LogP contribution is -2.29. The lowest BCUT2D eigenvalue weighted by atomic mass is 10.2. The second-order valence-corrected chi connectivity index (χ2v) is 4.01. The van der Waals surface area contributed by atoms with Gasteiger partial charge in [0, 0.05) is 18.1 Å². The lowest BCUT2D eigenvalue weighted by Gasteiger charge is -2.00. The summed E-state index contributed by atoms with van der Waals surface area (Å²) in [4.78, 5) is 14.5. The Kier molecular flexibility index (Phi) is 4.99. The summed E-state index contributed by atoms with van der Waals surface area (Å²) in [5.74, 6) is 0. The zero-order chi connectivity index (χ0) is 10.2. The maximum atomic E-state index is 10.3. The van der Waals surface area contributed by atoms with Gasteiger partial charge in [0.2, 0.25) is 0 Å². The van der Waals surface area contributed by atoms with E-state index >= 15 is 0 Å². The van der Waals surface area contributed by atoms with Gasteiger partial charge in [0.25, 0.3) is 0 Å². The number of nitrogens with zero attached hydrogens (tertiary/aromatic N) is 1. The molecule has 0 radical (unpaired) electrons. The van der Waals surface area contributed by atoms with E-state index in [2.05, 4.69) is 10.3 Å². The summed E-state index contributed by atoms with van der Waals surface area (Å²) in [7, 11) is 0. The van der Waals surface area contributed by atoms with Gasteiger partial charge in [0.15, 0.2) is 0 Å². The topological polar surface area (TPSA) is 68.0 Å². The van der Waals surface area contributed by atoms with Crippen LogP contribution in [0, 0.1) is 0 Å². The van der Waals surface area contributed by atoms with E-state index in [1.807, 2.05) is 11.6 Å². The SMILES string of the molecule is NC(=O)NCCCCCc1nccs1. The van der Waals surface area contributed by atoms with Crippen molar-refractivity contribution >= 4 is 17.4 Å². The lowest BCUT2D eigenvalue weighted by molar-refractivity contribution is 0.248. The minimum atomic E-state index is -0.440. The van der Waals surface area contributed by atoms with Crippen LogP contribution in [-0.2, 0) is 6.42 Å². The fraction of sp³-hybridized carbons (Fsp3) is 0.556. The molecule has 0 aliphatic carbocycles. The molecule has 0 spiro atoms. The number of aromatic nitrogens is 1. The monoisotopic (exact) mass is 213 g/mol. The van der Waals surface area contributed by atoms with Crippen molar-refractivity contribution in [1.29, 1.82) is 0 Å². The second-order valence-electron chi connectivity index (χ2n) is 3.03. The van der Waals surface area contributed by atoms with Crippen molar-refractivity contribution in [1.82, 2.24) is 10.3 Å². The van der Waals surface area contributed by atoms with Crippen LogP contribution in [0.25, 0.3) is 0 Å². The summed E-state index contributed by atoms with van der Waals surface area (Å²) in [5.41, 5.74) is 4.93. The van der Waals surface area contributed by atoms with Gasteiger partial charge in [-0.3, -0.25) is 0 Å². The van der Waals surface area contributed by atoms with E-state index in [1.54, 1.807) is 11.3 Å². The van der Waals surface area contributed by atoms with E-state index in [0.29, 0.717) is 6.54 Å². The number of carbonyl (C=O) groups is 1. The van der Waals surface area contributed by atoms with E-state index in [0.717, 1.165) is 25.7 Å². The molecule has 14 heavy (non-hydrogen) atoms. The molecule has 0 bridgehead atoms. The van der Waals surface area contributed by atoms with Crippen molar-refractivity contribution in [2.45, 2.75) is 25.7 Å². The Morgan fingerprint density at radius 3 is 3.00 bits per heavy atom. The minimum Gasteiger partial charge on any atom is -0.352 e. The summed E-state index contributed by atoms with van der Waals surface area (Å²) in [5, 5.41) is 5.74. The first-order valence-electron chi connectivity index (χ1n) is 4.70. The van der Waals surface area contributed by atoms with Crippen molar-refractivity contribution in [2.75, 3.05) is 6.54 Å². The van der Waals surface area contributed by atoms with Gasteiger partial charge in [-0.25, -0.2) is 9.78 Å². The molecule has 1 aromatic heterocycles. The van der Waals surface area contributed by atoms with Crippen LogP contribution < -0.4 is 11.1 Å². The normalized spacial score (nSPS) is 10.0. The van der Waals surface area contributed by atoms with Crippen LogP contribution in [-0.4, -0.2) is 17.6 Å². The van der Waals surface area contributed by atoms with Crippen molar-refractivity contribution in [3.05, 3.63) is 16.6 Å². The van der Waals surface area contributed by atoms with Crippen LogP contribution >= 0.6 is 11.3 Å². The highest BCUT2D eigenvalue weighted by molar-refractivity contribution is 7.09. The Hall–Kier alpha value is -1.10. The van der Waals surface area contributed by atoms with Crippen molar-refractivity contribution in [2.24, 2.45) is 5.73 Å². The van der Waals surface area contributed by atoms with E-state index in [9.17, 15) is 4.79 Å². The summed E-state index contributed by atoms with van der Waals surface area (Å²) in [6.45, 7) is 0.674. The molecule has 0 atom stereocenters. The third kappa shape index (κ3) is 4.81. The first kappa shape index (κ1) is 11.0. The van der Waals surface area contributed by atoms with Crippen LogP contribution in [0.2, 0.25) is 0 Å². The van der Waals surface area contributed by atoms with Crippen LogP contribution in [0.15, 0.2) is 11.6 Å². The highest BCUT2D eigenvalue weighted by atomic mass is 32.1. The number of amides is 2. The summed E-state index contributed by atoms with van der Waals surface area (Å²) in [6.07, 6.45) is 6.06. The molecule has 5 heteroatoms. The zero-order valence-corrected chi connectivity index (χ0v) is 8.85. The number of rotatable bonds is 6. The highest BCUT2D eigenvalue weighted by Gasteiger charge is 1.96. The maximum Gasteiger partial charge on any atom is 0.312 e. The van der Waals surface area contributed by atoms with Crippen LogP contribution in [0.3, 0.4) is 0 Å². The largest absolute Gasteiger partial charge is 0.352 e. The van der Waals surface area contributed by atoms with Gasteiger partial charge in [-0.1, -0.05) is 6.42 Å². The molecular formula is C9H15N3OS. The number of hydrogen-bond donors (Lipinski definition) is 2. The van der Waals surface area contributed by atoms with Crippen molar-refractivity contribution < 1.29 is 4.79 Å². The Labute approximate surface area is 87.5 Å². The molecule has 1 heterocycles. The van der Waals surface area contributed by atoms with Gasteiger partial charge < -0.3 is 11.1 Å². The van der Waals surface area contributed by atoms with Crippen molar-refractivity contribution in [3.63, 3.8) is 0 Å². The molecule has 0 saturated heterocycles. The third-order valence-electron chi connectivity index (χ3n) is 1.85. The summed E-state index contributed by atoms with van der Waals surface area (Å²) < 4.78 is 0. The van der Waals surface area contributed by atoms with Gasteiger partial charge in [-0.05, 0) is 19.3 Å². The van der Waals surface area contributed by atoms with E-state index in [-0.39, 0.29) is 0 Å². The third-order valence-corrected chi connectivity index (χ3v) is 2.69. The molecule has 1 rings (SSSR count). The number of thiazole rings is 1. The molecule has 0 aromatic carbocycles. The number of urea groups is 1. The fourth-order valence-electron chi connectivity index (χ4n) is 1.17. The van der Waals surface area contributed by atoms with E-state index in [4.69, 9.17) is 5.73 Å². The van der Waals surface area contributed by atoms with Gasteiger partial charge >= 0.3 is 6.03 Å². The molecule has 2 amide bonds. The molecule has 4 nitrogen and oxygen atoms in total. The Bertz CT molecular complexity index is 261. The number of hydrogen-bond acceptors (Lipinski definition) is 3. The number of primary amides is 1. The second kappa shape index (κ2) is 6.37. The predicted octanol–water partition coefficient (Wildman–Crippen LogP) is 1.52. The zero-order valence-electron chi connectivity index (χ0n) is 8.03. The molecule has 1 aromatic rings. The molecule has 0 aliphatic rings. The Morgan fingerprint density at radius 1 is 1.50 bits per heavy atom. The predicted molar refractivity (Wildman–Crippen MR) is 57.3 cm³/mol. The van der Waals surface area contributed by atoms with Gasteiger partial charge in [0.1, 0.15) is 0 Å². The molecule has 0 saturated carbocycles. The Balaban J connectivity index is 1.92. The van der Waals surface area contributed by atoms with Crippen LogP contribution in [0.1, 0.15) is 24.3 Å². The molecular weight excluding hydrogens is 198 g/mol. The quantitative estimate of drug-likeness (QED) is 0.703. The number of unbranched alkanes of at least 4 members (excludes halogenated alkanes) is 2. The number of aryl methyl sites for hydroxylation is 1. The van der Waals surface area contributed by atoms with Gasteiger partial charge in [0.05, 0.1) is 5.01 Å². The Morgan fingerprint density at radius 2 is 2.36 bits per heavy atom. The smallest absolute Gasteiger partial charge is 0.312 e. The summed E-state index contributed by atoms with van der Waals surface area (Å²) in [6, 6.07) is -0.440. The number of nitrogens with two attached hydrogens (primary N) is 1. The van der Waals surface area contributed by atoms with Crippen LogP contribution in [0.4, 0.5) is 4.79 Å². The maximum absolute atomic E-state index is 10.3. The van der Waals surface area contributed by atoms with Gasteiger partial charge in [-0.15, -0.1) is 11.3 Å². The molecule has 3 N–H and O–H groups in total. The van der Waals surface area contributed by atoms with Gasteiger partial charge in [-0.2, -0.15) is 0 Å². The molecule has 78 valence electrons. The molecule has 0 unspecified atom stereocenters. The average molecular weight is 213 g/mol. The number of carbonyl (C=O) groups excluding carboxylic acids is 1. The van der Waals surface area contributed by atoms with E-state index in [1.165, 1.54) is 5.01 Å². The fourth-order valence-corrected chi connectivity index (χ4v) is 1.83. The van der Waals surface area contributed by atoms with Crippen LogP contribution in [0.5, 0.6) is 0 Å². The first-order chi connectivity index (χ1) is 6.79. The van der Waals surface area contributed by atoms with E-state index < -0.39 is 6.03 Å². The number of nitrogens with one attached hydrogen (secondary N) is 1. The molecule has 0 aliphatic heterocycles. The minimum absolute atomic E-state index is 0.440. The standard InChI is InChI=1S/C9H15N3OS/c10-9(13)12-5-3-1-2-4-8-11-6-7-14-8/h6-7H,1-5H2,(H3,10,12,13). The molecule has 0 fully saturated rings. The highest BCUT2D eigenvalue weighted by Crippen LogP contribution is 2.08. The summed E-state index contributed by atoms with van der Waals surface area (Å²) >= 11 is 1.69.